The number of rotatable bonds is 8. The molecule has 0 heterocycles. The number of nitrogens with two attached hydrogens (primary N) is 1. The second kappa shape index (κ2) is 9.36. The molecule has 0 aliphatic carbocycles. The van der Waals surface area contributed by atoms with Crippen LogP contribution in [-0.4, -0.2) is 18.3 Å². The van der Waals surface area contributed by atoms with Crippen LogP contribution in [0, 0.1) is 0 Å². The Labute approximate surface area is 160 Å². The van der Waals surface area contributed by atoms with Gasteiger partial charge in [-0.15, -0.1) is 0 Å². The van der Waals surface area contributed by atoms with Crippen LogP contribution in [0.4, 0.5) is 18.9 Å². The maximum absolute atomic E-state index is 12.9. The summed E-state index contributed by atoms with van der Waals surface area (Å²) in [5.74, 6) is -0.163. The number of anilines is 1. The van der Waals surface area contributed by atoms with Gasteiger partial charge in [-0.25, -0.2) is 0 Å². The third-order valence-corrected chi connectivity index (χ3v) is 3.91. The van der Waals surface area contributed by atoms with Crippen LogP contribution in [-0.2, 0) is 17.5 Å². The van der Waals surface area contributed by atoms with E-state index in [0.717, 1.165) is 12.1 Å². The lowest BCUT2D eigenvalue weighted by Gasteiger charge is -2.12. The zero-order valence-corrected chi connectivity index (χ0v) is 15.3. The summed E-state index contributed by atoms with van der Waals surface area (Å²) in [4.78, 5) is 24.2. The van der Waals surface area contributed by atoms with E-state index in [4.69, 9.17) is 10.5 Å². The Balaban J connectivity index is 1.97. The predicted molar refractivity (Wildman–Crippen MR) is 99.1 cm³/mol. The lowest BCUT2D eigenvalue weighted by atomic mass is 10.1. The quantitative estimate of drug-likeness (QED) is 0.659. The molecule has 3 N–H and O–H groups in total. The first-order chi connectivity index (χ1) is 13.2. The van der Waals surface area contributed by atoms with E-state index in [9.17, 15) is 22.8 Å². The zero-order chi connectivity index (χ0) is 20.7. The number of halogens is 3. The number of alkyl halides is 3. The van der Waals surface area contributed by atoms with Crippen molar-refractivity contribution in [2.24, 2.45) is 5.73 Å². The number of carbonyl (C=O) groups excluding carboxylic acids is 2. The van der Waals surface area contributed by atoms with Gasteiger partial charge in [0.05, 0.1) is 12.2 Å². The number of carbonyl (C=O) groups is 2. The van der Waals surface area contributed by atoms with Gasteiger partial charge in [-0.1, -0.05) is 0 Å². The first-order valence-electron chi connectivity index (χ1n) is 8.70. The summed E-state index contributed by atoms with van der Waals surface area (Å²) < 4.78 is 44.1. The van der Waals surface area contributed by atoms with Crippen molar-refractivity contribution in [2.45, 2.75) is 32.5 Å². The lowest BCUT2D eigenvalue weighted by Crippen LogP contribution is -2.15. The molecule has 5 nitrogen and oxygen atoms in total. The summed E-state index contributed by atoms with van der Waals surface area (Å²) >= 11 is 0. The van der Waals surface area contributed by atoms with E-state index < -0.39 is 17.6 Å². The van der Waals surface area contributed by atoms with Gasteiger partial charge in [-0.2, -0.15) is 13.2 Å². The highest BCUT2D eigenvalue weighted by Crippen LogP contribution is 2.32. The Morgan fingerprint density at radius 1 is 1.07 bits per heavy atom. The van der Waals surface area contributed by atoms with Crippen molar-refractivity contribution in [1.82, 2.24) is 0 Å². The minimum Gasteiger partial charge on any atom is -0.494 e. The molecule has 2 rings (SSSR count). The summed E-state index contributed by atoms with van der Waals surface area (Å²) in [6.45, 7) is 2.26. The fraction of sp³-hybridized carbons (Fsp3) is 0.300. The van der Waals surface area contributed by atoms with E-state index >= 15 is 0 Å². The van der Waals surface area contributed by atoms with Crippen LogP contribution in [0.1, 0.15) is 41.3 Å². The maximum Gasteiger partial charge on any atom is 0.416 e. The van der Waals surface area contributed by atoms with E-state index in [2.05, 4.69) is 5.32 Å². The topological polar surface area (TPSA) is 81.4 Å². The smallest absolute Gasteiger partial charge is 0.416 e. The Hall–Kier alpha value is -2.87. The number of benzene rings is 2. The predicted octanol–water partition coefficient (Wildman–Crippen LogP) is 4.16. The molecule has 2 aromatic rings. The highest BCUT2D eigenvalue weighted by molar-refractivity contribution is 6.00. The number of amides is 1. The summed E-state index contributed by atoms with van der Waals surface area (Å²) in [6, 6.07) is 9.68. The number of ketones is 1. The molecule has 0 spiro atoms. The van der Waals surface area contributed by atoms with E-state index in [0.29, 0.717) is 17.9 Å². The Morgan fingerprint density at radius 2 is 1.75 bits per heavy atom. The van der Waals surface area contributed by atoms with Gasteiger partial charge in [0.2, 0.25) is 5.91 Å². The largest absolute Gasteiger partial charge is 0.494 e. The monoisotopic (exact) mass is 394 g/mol. The molecule has 8 heteroatoms. The van der Waals surface area contributed by atoms with Gasteiger partial charge in [0.1, 0.15) is 5.75 Å². The Kier molecular flexibility index (Phi) is 7.17. The summed E-state index contributed by atoms with van der Waals surface area (Å²) in [5, 5.41) is 2.40. The van der Waals surface area contributed by atoms with E-state index in [-0.39, 0.29) is 36.4 Å². The molecule has 0 aromatic heterocycles. The molecule has 0 fully saturated rings. The number of ether oxygens (including phenoxy) is 1. The second-order valence-electron chi connectivity index (χ2n) is 6.05. The normalized spacial score (nSPS) is 11.2. The van der Waals surface area contributed by atoms with Crippen LogP contribution >= 0.6 is 0 Å². The molecule has 0 aliphatic rings. The molecule has 0 saturated carbocycles. The summed E-state index contributed by atoms with van der Waals surface area (Å²) in [5.41, 5.74) is 5.20. The average molecular weight is 394 g/mol. The van der Waals surface area contributed by atoms with Gasteiger partial charge < -0.3 is 15.8 Å². The fourth-order valence-corrected chi connectivity index (χ4v) is 2.54. The minimum atomic E-state index is -4.55. The highest BCUT2D eigenvalue weighted by Gasteiger charge is 2.31. The van der Waals surface area contributed by atoms with E-state index in [1.165, 1.54) is 6.07 Å². The van der Waals surface area contributed by atoms with Gasteiger partial charge in [0.25, 0.3) is 0 Å². The molecule has 0 aliphatic heterocycles. The molecule has 28 heavy (non-hydrogen) atoms. The number of hydrogen-bond donors (Lipinski definition) is 2. The Morgan fingerprint density at radius 3 is 2.32 bits per heavy atom. The van der Waals surface area contributed by atoms with Crippen molar-refractivity contribution in [3.63, 3.8) is 0 Å². The standard InChI is InChI=1S/C20H21F3N2O3/c1-2-28-17-5-3-14(4-6-17)18(26)7-8-19(27)25-16-10-13(12-24)9-15(11-16)20(21,22)23/h3-6,9-11H,2,7-8,12,24H2,1H3,(H,25,27). The van der Waals surface area contributed by atoms with Gasteiger partial charge >= 0.3 is 6.18 Å². The number of Topliss-reactive ketones (excluding diaryl/α,β-unsaturated/α-hetero) is 1. The first kappa shape index (κ1) is 21.4. The van der Waals surface area contributed by atoms with E-state index in [1.54, 1.807) is 24.3 Å². The molecular formula is C20H21F3N2O3. The zero-order valence-electron chi connectivity index (χ0n) is 15.3. The lowest BCUT2D eigenvalue weighted by molar-refractivity contribution is -0.137. The summed E-state index contributed by atoms with van der Waals surface area (Å²) in [7, 11) is 0. The first-order valence-corrected chi connectivity index (χ1v) is 8.70. The molecule has 0 atom stereocenters. The van der Waals surface area contributed by atoms with Crippen LogP contribution in [0.15, 0.2) is 42.5 Å². The number of hydrogen-bond acceptors (Lipinski definition) is 4. The molecule has 0 unspecified atom stereocenters. The fourth-order valence-electron chi connectivity index (χ4n) is 2.54. The van der Waals surface area contributed by atoms with Crippen LogP contribution in [0.25, 0.3) is 0 Å². The molecular weight excluding hydrogens is 373 g/mol. The summed E-state index contributed by atoms with van der Waals surface area (Å²) in [6.07, 6.45) is -4.77. The van der Waals surface area contributed by atoms with Crippen molar-refractivity contribution in [3.8, 4) is 5.75 Å². The van der Waals surface area contributed by atoms with Crippen molar-refractivity contribution >= 4 is 17.4 Å². The average Bonchev–Trinajstić information content (AvgIpc) is 2.66. The highest BCUT2D eigenvalue weighted by atomic mass is 19.4. The second-order valence-corrected chi connectivity index (χ2v) is 6.05. The van der Waals surface area contributed by atoms with Crippen LogP contribution < -0.4 is 15.8 Å². The van der Waals surface area contributed by atoms with Crippen LogP contribution in [0.5, 0.6) is 5.75 Å². The Bertz CT molecular complexity index is 834. The SMILES string of the molecule is CCOc1ccc(C(=O)CCC(=O)Nc2cc(CN)cc(C(F)(F)F)c2)cc1. The van der Waals surface area contributed by atoms with Crippen LogP contribution in [0.3, 0.4) is 0 Å². The van der Waals surface area contributed by atoms with Gasteiger partial charge in [0, 0.05) is 30.6 Å². The molecule has 1 amide bonds. The molecule has 0 bridgehead atoms. The number of nitrogens with one attached hydrogen (secondary N) is 1. The minimum absolute atomic E-state index is 0.00575. The molecule has 2 aromatic carbocycles. The maximum atomic E-state index is 12.9. The molecule has 0 saturated heterocycles. The van der Waals surface area contributed by atoms with Crippen molar-refractivity contribution in [1.29, 1.82) is 0 Å². The van der Waals surface area contributed by atoms with Crippen molar-refractivity contribution in [3.05, 3.63) is 59.2 Å². The van der Waals surface area contributed by atoms with Crippen molar-refractivity contribution in [2.75, 3.05) is 11.9 Å². The molecule has 150 valence electrons. The van der Waals surface area contributed by atoms with Gasteiger partial charge in [-0.05, 0) is 55.0 Å². The van der Waals surface area contributed by atoms with Crippen LogP contribution in [0.2, 0.25) is 0 Å². The van der Waals surface area contributed by atoms with Gasteiger partial charge in [0.15, 0.2) is 5.78 Å². The van der Waals surface area contributed by atoms with Crippen molar-refractivity contribution < 1.29 is 27.5 Å². The molecule has 0 radical (unpaired) electrons. The van der Waals surface area contributed by atoms with Gasteiger partial charge in [-0.3, -0.25) is 9.59 Å². The van der Waals surface area contributed by atoms with E-state index in [1.807, 2.05) is 6.92 Å². The third-order valence-electron chi connectivity index (χ3n) is 3.91. The third kappa shape index (κ3) is 6.09.